The van der Waals surface area contributed by atoms with Gasteiger partial charge in [-0.15, -0.1) is 11.6 Å². The average molecular weight is 216 g/mol. The van der Waals surface area contributed by atoms with Gasteiger partial charge in [-0.05, 0) is 6.07 Å². The van der Waals surface area contributed by atoms with Crippen molar-refractivity contribution in [2.75, 3.05) is 5.88 Å². The number of hydrogen-bond donors (Lipinski definition) is 0. The van der Waals surface area contributed by atoms with Crippen molar-refractivity contribution in [1.29, 1.82) is 0 Å². The van der Waals surface area contributed by atoms with Gasteiger partial charge in [0, 0.05) is 23.6 Å². The van der Waals surface area contributed by atoms with Crippen molar-refractivity contribution in [3.63, 3.8) is 0 Å². The van der Waals surface area contributed by atoms with E-state index in [2.05, 4.69) is 0 Å². The maximum absolute atomic E-state index is 13.0. The lowest BCUT2D eigenvalue weighted by Gasteiger charge is -1.96. The first-order chi connectivity index (χ1) is 6.65. The van der Waals surface area contributed by atoms with Crippen LogP contribution < -0.4 is 0 Å². The van der Waals surface area contributed by atoms with E-state index in [9.17, 15) is 14.5 Å². The Hall–Kier alpha value is -1.42. The molecule has 0 saturated heterocycles. The predicted molar refractivity (Wildman–Crippen MR) is 52.8 cm³/mol. The monoisotopic (exact) mass is 215 g/mol. The van der Waals surface area contributed by atoms with Crippen LogP contribution in [0.25, 0.3) is 6.08 Å². The zero-order chi connectivity index (χ0) is 10.6. The SMILES string of the molecule is O=[N+]([O-])c1ccc(F)c(/C=C/CCl)c1. The highest BCUT2D eigenvalue weighted by atomic mass is 35.5. The Kier molecular flexibility index (Phi) is 3.59. The Balaban J connectivity index is 3.08. The first-order valence-corrected chi connectivity index (χ1v) is 4.35. The molecule has 1 aromatic carbocycles. The molecule has 0 unspecified atom stereocenters. The van der Waals surface area contributed by atoms with E-state index in [1.165, 1.54) is 18.2 Å². The largest absolute Gasteiger partial charge is 0.270 e. The number of hydrogen-bond acceptors (Lipinski definition) is 2. The topological polar surface area (TPSA) is 43.1 Å². The number of benzene rings is 1. The van der Waals surface area contributed by atoms with Crippen molar-refractivity contribution in [3.05, 3.63) is 45.8 Å². The second-order valence-electron chi connectivity index (χ2n) is 2.52. The van der Waals surface area contributed by atoms with E-state index in [0.29, 0.717) is 0 Å². The van der Waals surface area contributed by atoms with Crippen LogP contribution in [0.2, 0.25) is 0 Å². The lowest BCUT2D eigenvalue weighted by atomic mass is 10.2. The van der Waals surface area contributed by atoms with Gasteiger partial charge in [-0.2, -0.15) is 0 Å². The number of halogens is 2. The van der Waals surface area contributed by atoms with Crippen LogP contribution in [0.1, 0.15) is 5.56 Å². The molecule has 0 heterocycles. The summed E-state index contributed by atoms with van der Waals surface area (Å²) in [6.07, 6.45) is 2.93. The Morgan fingerprint density at radius 1 is 1.57 bits per heavy atom. The van der Waals surface area contributed by atoms with Gasteiger partial charge in [-0.3, -0.25) is 10.1 Å². The van der Waals surface area contributed by atoms with Gasteiger partial charge in [0.15, 0.2) is 0 Å². The molecule has 0 amide bonds. The second-order valence-corrected chi connectivity index (χ2v) is 2.83. The van der Waals surface area contributed by atoms with Crippen molar-refractivity contribution in [1.82, 2.24) is 0 Å². The summed E-state index contributed by atoms with van der Waals surface area (Å²) >= 11 is 5.36. The van der Waals surface area contributed by atoms with Gasteiger partial charge < -0.3 is 0 Å². The van der Waals surface area contributed by atoms with E-state index in [0.717, 1.165) is 12.1 Å². The fourth-order valence-corrected chi connectivity index (χ4v) is 1.03. The van der Waals surface area contributed by atoms with E-state index >= 15 is 0 Å². The van der Waals surface area contributed by atoms with Crippen LogP contribution in [0.4, 0.5) is 10.1 Å². The smallest absolute Gasteiger partial charge is 0.258 e. The van der Waals surface area contributed by atoms with Gasteiger partial charge in [-0.1, -0.05) is 12.2 Å². The van der Waals surface area contributed by atoms with Crippen LogP contribution in [-0.2, 0) is 0 Å². The fourth-order valence-electron chi connectivity index (χ4n) is 0.944. The molecule has 0 aliphatic heterocycles. The normalized spacial score (nSPS) is 10.7. The molecule has 74 valence electrons. The molecule has 0 aliphatic carbocycles. The van der Waals surface area contributed by atoms with Crippen LogP contribution in [0, 0.1) is 15.9 Å². The molecule has 0 spiro atoms. The number of allylic oxidation sites excluding steroid dienone is 1. The van der Waals surface area contributed by atoms with Crippen molar-refractivity contribution in [2.24, 2.45) is 0 Å². The first kappa shape index (κ1) is 10.7. The van der Waals surface area contributed by atoms with Crippen LogP contribution in [0.15, 0.2) is 24.3 Å². The number of nitro groups is 1. The van der Waals surface area contributed by atoms with Crippen molar-refractivity contribution in [2.45, 2.75) is 0 Å². The molecule has 0 atom stereocenters. The summed E-state index contributed by atoms with van der Waals surface area (Å²) in [5, 5.41) is 10.4. The third kappa shape index (κ3) is 2.53. The summed E-state index contributed by atoms with van der Waals surface area (Å²) in [5.74, 6) is -0.265. The zero-order valence-electron chi connectivity index (χ0n) is 7.11. The summed E-state index contributed by atoms with van der Waals surface area (Å²) in [7, 11) is 0. The summed E-state index contributed by atoms with van der Waals surface area (Å²) < 4.78 is 13.0. The molecule has 14 heavy (non-hydrogen) atoms. The number of rotatable bonds is 3. The highest BCUT2D eigenvalue weighted by Gasteiger charge is 2.08. The van der Waals surface area contributed by atoms with Crippen LogP contribution in [-0.4, -0.2) is 10.8 Å². The maximum Gasteiger partial charge on any atom is 0.270 e. The van der Waals surface area contributed by atoms with Gasteiger partial charge in [0.25, 0.3) is 5.69 Å². The van der Waals surface area contributed by atoms with E-state index in [1.54, 1.807) is 0 Å². The van der Waals surface area contributed by atoms with Gasteiger partial charge in [-0.25, -0.2) is 4.39 Å². The zero-order valence-corrected chi connectivity index (χ0v) is 7.87. The molecule has 1 aromatic rings. The highest BCUT2D eigenvalue weighted by molar-refractivity contribution is 6.19. The Morgan fingerprint density at radius 2 is 2.29 bits per heavy atom. The number of nitro benzene ring substituents is 1. The Bertz CT molecular complexity index is 379. The lowest BCUT2D eigenvalue weighted by Crippen LogP contribution is -1.90. The third-order valence-corrected chi connectivity index (χ3v) is 1.76. The molecule has 5 heteroatoms. The van der Waals surface area contributed by atoms with Gasteiger partial charge in [0.05, 0.1) is 4.92 Å². The number of non-ortho nitro benzene ring substituents is 1. The minimum Gasteiger partial charge on any atom is -0.258 e. The summed E-state index contributed by atoms with van der Waals surface area (Å²) in [6.45, 7) is 0. The van der Waals surface area contributed by atoms with Crippen molar-refractivity contribution in [3.8, 4) is 0 Å². The van der Waals surface area contributed by atoms with E-state index in [-0.39, 0.29) is 17.1 Å². The molecule has 0 aromatic heterocycles. The van der Waals surface area contributed by atoms with E-state index in [1.807, 2.05) is 0 Å². The minimum atomic E-state index is -0.572. The maximum atomic E-state index is 13.0. The molecular weight excluding hydrogens is 209 g/mol. The molecule has 0 radical (unpaired) electrons. The fraction of sp³-hybridized carbons (Fsp3) is 0.111. The standard InChI is InChI=1S/C9H7ClFNO2/c10-5-1-2-7-6-8(12(13)14)3-4-9(7)11/h1-4,6H,5H2/b2-1+. The molecule has 1 rings (SSSR count). The van der Waals surface area contributed by atoms with E-state index < -0.39 is 10.7 Å². The molecule has 0 saturated carbocycles. The minimum absolute atomic E-state index is 0.138. The van der Waals surface area contributed by atoms with Crippen molar-refractivity contribution >= 4 is 23.4 Å². The molecule has 0 N–H and O–H groups in total. The average Bonchev–Trinajstić information content (AvgIpc) is 2.16. The van der Waals surface area contributed by atoms with Gasteiger partial charge in [0.1, 0.15) is 5.82 Å². The third-order valence-electron chi connectivity index (χ3n) is 1.58. The van der Waals surface area contributed by atoms with Gasteiger partial charge in [0.2, 0.25) is 0 Å². The number of nitrogens with zero attached hydrogens (tertiary/aromatic N) is 1. The van der Waals surface area contributed by atoms with E-state index in [4.69, 9.17) is 11.6 Å². The van der Waals surface area contributed by atoms with Crippen LogP contribution in [0.3, 0.4) is 0 Å². The highest BCUT2D eigenvalue weighted by Crippen LogP contribution is 2.17. The number of alkyl halides is 1. The van der Waals surface area contributed by atoms with Crippen molar-refractivity contribution < 1.29 is 9.31 Å². The molecule has 0 fully saturated rings. The second kappa shape index (κ2) is 4.72. The molecular formula is C9H7ClFNO2. The molecule has 0 bridgehead atoms. The summed E-state index contributed by atoms with van der Waals surface area (Å²) in [5.41, 5.74) is 0.0282. The molecule has 3 nitrogen and oxygen atoms in total. The van der Waals surface area contributed by atoms with Crippen LogP contribution >= 0.6 is 11.6 Å². The Morgan fingerprint density at radius 3 is 2.86 bits per heavy atom. The van der Waals surface area contributed by atoms with Crippen LogP contribution in [0.5, 0.6) is 0 Å². The Labute approximate surface area is 85.0 Å². The predicted octanol–water partition coefficient (Wildman–Crippen LogP) is 2.99. The van der Waals surface area contributed by atoms with Gasteiger partial charge >= 0.3 is 0 Å². The summed E-state index contributed by atoms with van der Waals surface area (Å²) in [6, 6.07) is 3.35. The molecule has 0 aliphatic rings. The first-order valence-electron chi connectivity index (χ1n) is 3.81. The summed E-state index contributed by atoms with van der Waals surface area (Å²) in [4.78, 5) is 9.80. The quantitative estimate of drug-likeness (QED) is 0.442. The lowest BCUT2D eigenvalue weighted by molar-refractivity contribution is -0.384.